The normalized spacial score (nSPS) is 39.5. The fourth-order valence-electron chi connectivity index (χ4n) is 1.65. The molecule has 0 bridgehead atoms. The standard InChI is InChI=1S/C9H15NO3/c1-6-4-12-7(2)9(11-3)8(6)13-5-10/h6-9H,4H2,1-3H3/t6?,7?,8-,9+/m0/s1. The Bertz CT molecular complexity index is 202. The molecular formula is C9H15NO3. The molecule has 0 aromatic heterocycles. The average Bonchev–Trinajstić information content (AvgIpc) is 2.12. The molecule has 2 unspecified atom stereocenters. The highest BCUT2D eigenvalue weighted by Crippen LogP contribution is 2.24. The number of rotatable bonds is 2. The van der Waals surface area contributed by atoms with E-state index in [1.807, 2.05) is 13.8 Å². The van der Waals surface area contributed by atoms with Crippen LogP contribution in [-0.4, -0.2) is 32.0 Å². The second-order valence-electron chi connectivity index (χ2n) is 3.39. The number of hydrogen-bond acceptors (Lipinski definition) is 4. The minimum atomic E-state index is -0.182. The smallest absolute Gasteiger partial charge is 0.286 e. The summed E-state index contributed by atoms with van der Waals surface area (Å²) in [6.45, 7) is 4.53. The molecule has 4 atom stereocenters. The first kappa shape index (κ1) is 10.3. The summed E-state index contributed by atoms with van der Waals surface area (Å²) in [4.78, 5) is 0. The monoisotopic (exact) mass is 185 g/mol. The van der Waals surface area contributed by atoms with Gasteiger partial charge in [0.05, 0.1) is 12.7 Å². The van der Waals surface area contributed by atoms with Gasteiger partial charge in [0.15, 0.2) is 0 Å². The van der Waals surface area contributed by atoms with Crippen LogP contribution in [0, 0.1) is 17.4 Å². The van der Waals surface area contributed by atoms with Crippen molar-refractivity contribution in [3.05, 3.63) is 0 Å². The minimum absolute atomic E-state index is 0.0143. The summed E-state index contributed by atoms with van der Waals surface area (Å²) in [5, 5.41) is 8.47. The summed E-state index contributed by atoms with van der Waals surface area (Å²) in [6, 6.07) is 0. The molecule has 0 amide bonds. The third-order valence-corrected chi connectivity index (χ3v) is 2.43. The zero-order valence-electron chi connectivity index (χ0n) is 8.19. The second kappa shape index (κ2) is 4.45. The van der Waals surface area contributed by atoms with Gasteiger partial charge in [-0.05, 0) is 6.92 Å². The van der Waals surface area contributed by atoms with E-state index in [0.717, 1.165) is 0 Å². The highest BCUT2D eigenvalue weighted by atomic mass is 16.6. The molecule has 74 valence electrons. The maximum absolute atomic E-state index is 8.47. The summed E-state index contributed by atoms with van der Waals surface area (Å²) in [7, 11) is 1.61. The molecule has 0 saturated carbocycles. The Labute approximate surface area is 78.4 Å². The fraction of sp³-hybridized carbons (Fsp3) is 0.889. The van der Waals surface area contributed by atoms with Crippen LogP contribution in [0.25, 0.3) is 0 Å². The van der Waals surface area contributed by atoms with Crippen LogP contribution in [0.2, 0.25) is 0 Å². The Morgan fingerprint density at radius 3 is 2.62 bits per heavy atom. The summed E-state index contributed by atoms with van der Waals surface area (Å²) < 4.78 is 15.7. The molecule has 1 aliphatic heterocycles. The molecule has 0 aliphatic carbocycles. The minimum Gasteiger partial charge on any atom is -0.421 e. The van der Waals surface area contributed by atoms with Gasteiger partial charge in [-0.15, -0.1) is 0 Å². The number of methoxy groups -OCH3 is 1. The van der Waals surface area contributed by atoms with E-state index in [2.05, 4.69) is 0 Å². The number of nitriles is 1. The molecule has 13 heavy (non-hydrogen) atoms. The van der Waals surface area contributed by atoms with E-state index in [9.17, 15) is 0 Å². The molecule has 0 aromatic rings. The topological polar surface area (TPSA) is 51.5 Å². The van der Waals surface area contributed by atoms with Gasteiger partial charge in [0.1, 0.15) is 12.2 Å². The Balaban J connectivity index is 2.66. The third-order valence-electron chi connectivity index (χ3n) is 2.43. The molecule has 1 heterocycles. The van der Waals surface area contributed by atoms with Gasteiger partial charge in [-0.25, -0.2) is 0 Å². The molecule has 4 nitrogen and oxygen atoms in total. The Kier molecular flexibility index (Phi) is 3.52. The largest absolute Gasteiger partial charge is 0.421 e. The van der Waals surface area contributed by atoms with Gasteiger partial charge in [0.25, 0.3) is 6.26 Å². The van der Waals surface area contributed by atoms with Crippen LogP contribution in [0.15, 0.2) is 0 Å². The van der Waals surface area contributed by atoms with Crippen LogP contribution in [-0.2, 0) is 14.2 Å². The lowest BCUT2D eigenvalue weighted by atomic mass is 9.94. The maximum Gasteiger partial charge on any atom is 0.286 e. The van der Waals surface area contributed by atoms with Crippen molar-refractivity contribution >= 4 is 0 Å². The highest BCUT2D eigenvalue weighted by Gasteiger charge is 2.38. The van der Waals surface area contributed by atoms with Crippen molar-refractivity contribution in [2.24, 2.45) is 5.92 Å². The van der Waals surface area contributed by atoms with Gasteiger partial charge in [-0.2, -0.15) is 5.26 Å². The fourth-order valence-corrected chi connectivity index (χ4v) is 1.65. The summed E-state index contributed by atoms with van der Waals surface area (Å²) >= 11 is 0. The Hall–Kier alpha value is -0.790. The molecule has 0 spiro atoms. The van der Waals surface area contributed by atoms with E-state index in [1.54, 1.807) is 13.4 Å². The van der Waals surface area contributed by atoms with Crippen LogP contribution in [0.1, 0.15) is 13.8 Å². The van der Waals surface area contributed by atoms with Crippen LogP contribution >= 0.6 is 0 Å². The lowest BCUT2D eigenvalue weighted by molar-refractivity contribution is -0.165. The third kappa shape index (κ3) is 2.11. The van der Waals surface area contributed by atoms with Crippen LogP contribution in [0.4, 0.5) is 0 Å². The van der Waals surface area contributed by atoms with Gasteiger partial charge < -0.3 is 14.2 Å². The SMILES string of the molecule is CO[C@@H]1C(C)OCC(C)[C@@H]1OC#N. The van der Waals surface area contributed by atoms with E-state index in [-0.39, 0.29) is 24.2 Å². The lowest BCUT2D eigenvalue weighted by Crippen LogP contribution is -2.49. The van der Waals surface area contributed by atoms with Crippen molar-refractivity contribution in [3.63, 3.8) is 0 Å². The van der Waals surface area contributed by atoms with E-state index in [0.29, 0.717) is 6.61 Å². The summed E-state index contributed by atoms with van der Waals surface area (Å²) in [5.74, 6) is 0.195. The Morgan fingerprint density at radius 2 is 2.08 bits per heavy atom. The van der Waals surface area contributed by atoms with E-state index in [1.165, 1.54) is 0 Å². The molecule has 1 aliphatic rings. The van der Waals surface area contributed by atoms with Crippen LogP contribution < -0.4 is 0 Å². The van der Waals surface area contributed by atoms with E-state index >= 15 is 0 Å². The summed E-state index contributed by atoms with van der Waals surface area (Å²) in [5.41, 5.74) is 0. The summed E-state index contributed by atoms with van der Waals surface area (Å²) in [6.07, 6.45) is 1.37. The van der Waals surface area contributed by atoms with Crippen molar-refractivity contribution in [2.75, 3.05) is 13.7 Å². The van der Waals surface area contributed by atoms with Gasteiger partial charge >= 0.3 is 0 Å². The zero-order chi connectivity index (χ0) is 9.84. The average molecular weight is 185 g/mol. The van der Waals surface area contributed by atoms with Crippen LogP contribution in [0.5, 0.6) is 0 Å². The first-order chi connectivity index (χ1) is 6.20. The van der Waals surface area contributed by atoms with E-state index < -0.39 is 0 Å². The zero-order valence-corrected chi connectivity index (χ0v) is 8.19. The molecule has 1 fully saturated rings. The highest BCUT2D eigenvalue weighted by molar-refractivity contribution is 4.86. The first-order valence-electron chi connectivity index (χ1n) is 4.39. The number of nitrogens with zero attached hydrogens (tertiary/aromatic N) is 1. The van der Waals surface area contributed by atoms with Crippen LogP contribution in [0.3, 0.4) is 0 Å². The molecule has 0 N–H and O–H groups in total. The van der Waals surface area contributed by atoms with Gasteiger partial charge in [-0.1, -0.05) is 6.92 Å². The molecule has 0 aromatic carbocycles. The molecule has 1 rings (SSSR count). The van der Waals surface area contributed by atoms with Crippen molar-refractivity contribution in [1.82, 2.24) is 0 Å². The van der Waals surface area contributed by atoms with Gasteiger partial charge in [-0.3, -0.25) is 0 Å². The van der Waals surface area contributed by atoms with Gasteiger partial charge in [0.2, 0.25) is 0 Å². The molecule has 4 heteroatoms. The van der Waals surface area contributed by atoms with E-state index in [4.69, 9.17) is 19.5 Å². The molecule has 1 saturated heterocycles. The van der Waals surface area contributed by atoms with Crippen molar-refractivity contribution in [1.29, 1.82) is 5.26 Å². The maximum atomic E-state index is 8.47. The number of hydrogen-bond donors (Lipinski definition) is 0. The first-order valence-corrected chi connectivity index (χ1v) is 4.39. The molecular weight excluding hydrogens is 170 g/mol. The van der Waals surface area contributed by atoms with Crippen molar-refractivity contribution < 1.29 is 14.2 Å². The van der Waals surface area contributed by atoms with Crippen molar-refractivity contribution in [2.45, 2.75) is 32.2 Å². The van der Waals surface area contributed by atoms with Gasteiger partial charge in [0, 0.05) is 13.0 Å². The predicted octanol–water partition coefficient (Wildman–Crippen LogP) is 0.922. The predicted molar refractivity (Wildman–Crippen MR) is 45.9 cm³/mol. The quantitative estimate of drug-likeness (QED) is 0.600. The lowest BCUT2D eigenvalue weighted by Gasteiger charge is -2.37. The molecule has 0 radical (unpaired) electrons. The van der Waals surface area contributed by atoms with Crippen molar-refractivity contribution in [3.8, 4) is 6.26 Å². The Morgan fingerprint density at radius 1 is 1.38 bits per heavy atom. The number of ether oxygens (including phenoxy) is 3. The second-order valence-corrected chi connectivity index (χ2v) is 3.39.